The van der Waals surface area contributed by atoms with E-state index in [0.717, 1.165) is 36.3 Å². The van der Waals surface area contributed by atoms with Crippen molar-refractivity contribution in [3.8, 4) is 11.5 Å². The fraction of sp³-hybridized carbons (Fsp3) is 0.538. The number of hydrogen-bond acceptors (Lipinski definition) is 3. The summed E-state index contributed by atoms with van der Waals surface area (Å²) < 4.78 is 11.4. The minimum absolute atomic E-state index is 0.0177. The maximum atomic E-state index is 6.15. The van der Waals surface area contributed by atoms with Gasteiger partial charge in [0.05, 0.1) is 0 Å². The Morgan fingerprint density at radius 1 is 1.19 bits per heavy atom. The SMILES string of the molecule is Cc1ccc(CC2(N)CC2)c2c1OCCO2. The predicted octanol–water partition coefficient (Wildman–Crippen LogP) is 1.80. The fourth-order valence-electron chi connectivity index (χ4n) is 2.18. The average molecular weight is 219 g/mol. The maximum absolute atomic E-state index is 6.15. The molecule has 0 unspecified atom stereocenters. The third-order valence-electron chi connectivity index (χ3n) is 3.40. The van der Waals surface area contributed by atoms with Crippen molar-refractivity contribution in [2.24, 2.45) is 5.73 Å². The molecule has 0 atom stereocenters. The van der Waals surface area contributed by atoms with Gasteiger partial charge in [0.1, 0.15) is 13.2 Å². The van der Waals surface area contributed by atoms with Crippen LogP contribution in [0.15, 0.2) is 12.1 Å². The number of hydrogen-bond donors (Lipinski definition) is 1. The van der Waals surface area contributed by atoms with Crippen LogP contribution in [-0.4, -0.2) is 18.8 Å². The second-order valence-electron chi connectivity index (χ2n) is 4.94. The van der Waals surface area contributed by atoms with E-state index in [0.29, 0.717) is 13.2 Å². The molecule has 0 radical (unpaired) electrons. The molecular formula is C13H17NO2. The molecule has 3 heteroatoms. The molecule has 1 fully saturated rings. The highest BCUT2D eigenvalue weighted by Crippen LogP contribution is 2.42. The zero-order chi connectivity index (χ0) is 11.2. The van der Waals surface area contributed by atoms with Crippen molar-refractivity contribution in [2.75, 3.05) is 13.2 Å². The summed E-state index contributed by atoms with van der Waals surface area (Å²) in [5.41, 5.74) is 8.51. The van der Waals surface area contributed by atoms with Crippen molar-refractivity contribution in [2.45, 2.75) is 31.7 Å². The quantitative estimate of drug-likeness (QED) is 0.825. The molecule has 1 aromatic rings. The van der Waals surface area contributed by atoms with Gasteiger partial charge in [0, 0.05) is 5.54 Å². The highest BCUT2D eigenvalue weighted by atomic mass is 16.6. The highest BCUT2D eigenvalue weighted by molar-refractivity contribution is 5.53. The zero-order valence-corrected chi connectivity index (χ0v) is 9.58. The van der Waals surface area contributed by atoms with Gasteiger partial charge in [-0.15, -0.1) is 0 Å². The second kappa shape index (κ2) is 3.39. The van der Waals surface area contributed by atoms with Crippen molar-refractivity contribution in [3.63, 3.8) is 0 Å². The minimum Gasteiger partial charge on any atom is -0.486 e. The summed E-state index contributed by atoms with van der Waals surface area (Å²) in [6, 6.07) is 4.21. The van der Waals surface area contributed by atoms with Crippen molar-refractivity contribution in [1.82, 2.24) is 0 Å². The smallest absolute Gasteiger partial charge is 0.164 e. The Morgan fingerprint density at radius 3 is 2.56 bits per heavy atom. The molecule has 3 nitrogen and oxygen atoms in total. The van der Waals surface area contributed by atoms with Gasteiger partial charge in [0.25, 0.3) is 0 Å². The van der Waals surface area contributed by atoms with Gasteiger partial charge >= 0.3 is 0 Å². The minimum atomic E-state index is 0.0177. The van der Waals surface area contributed by atoms with E-state index in [1.165, 1.54) is 5.56 Å². The van der Waals surface area contributed by atoms with Crippen LogP contribution in [-0.2, 0) is 6.42 Å². The molecule has 1 aliphatic carbocycles. The van der Waals surface area contributed by atoms with E-state index in [-0.39, 0.29) is 5.54 Å². The molecule has 0 spiro atoms. The average Bonchev–Trinajstić information content (AvgIpc) is 3.01. The summed E-state index contributed by atoms with van der Waals surface area (Å²) in [4.78, 5) is 0. The lowest BCUT2D eigenvalue weighted by Crippen LogP contribution is -2.26. The molecule has 86 valence electrons. The monoisotopic (exact) mass is 219 g/mol. The zero-order valence-electron chi connectivity index (χ0n) is 9.58. The summed E-state index contributed by atoms with van der Waals surface area (Å²) >= 11 is 0. The lowest BCUT2D eigenvalue weighted by Gasteiger charge is -2.23. The van der Waals surface area contributed by atoms with Crippen molar-refractivity contribution < 1.29 is 9.47 Å². The lowest BCUT2D eigenvalue weighted by molar-refractivity contribution is 0.168. The van der Waals surface area contributed by atoms with Gasteiger partial charge in [-0.3, -0.25) is 0 Å². The maximum Gasteiger partial charge on any atom is 0.164 e. The number of fused-ring (bicyclic) bond motifs is 1. The van der Waals surface area contributed by atoms with E-state index < -0.39 is 0 Å². The first-order valence-electron chi connectivity index (χ1n) is 5.85. The predicted molar refractivity (Wildman–Crippen MR) is 62.0 cm³/mol. The van der Waals surface area contributed by atoms with Crippen LogP contribution in [0.5, 0.6) is 11.5 Å². The summed E-state index contributed by atoms with van der Waals surface area (Å²) in [5.74, 6) is 1.83. The first kappa shape index (κ1) is 9.97. The molecule has 2 aliphatic rings. The van der Waals surface area contributed by atoms with E-state index >= 15 is 0 Å². The first-order valence-corrected chi connectivity index (χ1v) is 5.85. The van der Waals surface area contributed by atoms with E-state index in [9.17, 15) is 0 Å². The summed E-state index contributed by atoms with van der Waals surface area (Å²) in [6.45, 7) is 3.33. The van der Waals surface area contributed by atoms with Crippen LogP contribution in [0.1, 0.15) is 24.0 Å². The van der Waals surface area contributed by atoms with Crippen molar-refractivity contribution in [1.29, 1.82) is 0 Å². The van der Waals surface area contributed by atoms with Crippen molar-refractivity contribution >= 4 is 0 Å². The van der Waals surface area contributed by atoms with E-state index in [4.69, 9.17) is 15.2 Å². The second-order valence-corrected chi connectivity index (χ2v) is 4.94. The molecule has 1 saturated carbocycles. The summed E-state index contributed by atoms with van der Waals surface area (Å²) in [6.07, 6.45) is 3.14. The Morgan fingerprint density at radius 2 is 1.88 bits per heavy atom. The molecule has 0 saturated heterocycles. The fourth-order valence-corrected chi connectivity index (χ4v) is 2.18. The molecular weight excluding hydrogens is 202 g/mol. The third-order valence-corrected chi connectivity index (χ3v) is 3.40. The molecule has 0 aromatic heterocycles. The van der Waals surface area contributed by atoms with Gasteiger partial charge in [0.15, 0.2) is 11.5 Å². The topological polar surface area (TPSA) is 44.5 Å². The highest BCUT2D eigenvalue weighted by Gasteiger charge is 2.39. The summed E-state index contributed by atoms with van der Waals surface area (Å²) in [5, 5.41) is 0. The van der Waals surface area contributed by atoms with Gasteiger partial charge in [0.2, 0.25) is 0 Å². The van der Waals surface area contributed by atoms with Crippen LogP contribution in [0.25, 0.3) is 0 Å². The molecule has 2 N–H and O–H groups in total. The van der Waals surface area contributed by atoms with Crippen LogP contribution >= 0.6 is 0 Å². The molecule has 3 rings (SSSR count). The Bertz CT molecular complexity index is 424. The van der Waals surface area contributed by atoms with E-state index in [1.54, 1.807) is 0 Å². The number of benzene rings is 1. The Labute approximate surface area is 95.5 Å². The number of nitrogens with two attached hydrogens (primary N) is 1. The Balaban J connectivity index is 1.98. The lowest BCUT2D eigenvalue weighted by atomic mass is 10.0. The van der Waals surface area contributed by atoms with E-state index in [2.05, 4.69) is 12.1 Å². The van der Waals surface area contributed by atoms with Gasteiger partial charge in [-0.1, -0.05) is 12.1 Å². The summed E-state index contributed by atoms with van der Waals surface area (Å²) in [7, 11) is 0. The molecule has 1 heterocycles. The van der Waals surface area contributed by atoms with E-state index in [1.807, 2.05) is 6.92 Å². The van der Waals surface area contributed by atoms with Crippen LogP contribution in [0.2, 0.25) is 0 Å². The van der Waals surface area contributed by atoms with Crippen LogP contribution in [0.3, 0.4) is 0 Å². The molecule has 16 heavy (non-hydrogen) atoms. The third kappa shape index (κ3) is 1.65. The Hall–Kier alpha value is -1.22. The van der Waals surface area contributed by atoms with Crippen LogP contribution < -0.4 is 15.2 Å². The number of ether oxygens (including phenoxy) is 2. The standard InChI is InChI=1S/C13H17NO2/c1-9-2-3-10(8-13(14)4-5-13)12-11(9)15-6-7-16-12/h2-3H,4-8,14H2,1H3. The molecule has 0 bridgehead atoms. The van der Waals surface area contributed by atoms with Gasteiger partial charge < -0.3 is 15.2 Å². The molecule has 1 aromatic carbocycles. The van der Waals surface area contributed by atoms with Crippen LogP contribution in [0, 0.1) is 6.92 Å². The van der Waals surface area contributed by atoms with Gasteiger partial charge in [-0.25, -0.2) is 0 Å². The Kier molecular flexibility index (Phi) is 2.11. The van der Waals surface area contributed by atoms with Crippen LogP contribution in [0.4, 0.5) is 0 Å². The van der Waals surface area contributed by atoms with Gasteiger partial charge in [-0.2, -0.15) is 0 Å². The number of rotatable bonds is 2. The normalized spacial score (nSPS) is 20.6. The largest absolute Gasteiger partial charge is 0.486 e. The molecule has 0 amide bonds. The molecule has 1 aliphatic heterocycles. The van der Waals surface area contributed by atoms with Crippen molar-refractivity contribution in [3.05, 3.63) is 23.3 Å². The first-order chi connectivity index (χ1) is 7.68. The van der Waals surface area contributed by atoms with Gasteiger partial charge in [-0.05, 0) is 37.3 Å². The number of aryl methyl sites for hydroxylation is 1.